The highest BCUT2D eigenvalue weighted by Crippen LogP contribution is 2.38. The highest BCUT2D eigenvalue weighted by molar-refractivity contribution is 7.17. The molecule has 1 atom stereocenters. The second kappa shape index (κ2) is 9.35. The van der Waals surface area contributed by atoms with E-state index in [1.807, 2.05) is 0 Å². The average molecular weight is 453 g/mol. The molecule has 0 fully saturated rings. The Kier molecular flexibility index (Phi) is 6.83. The molecule has 30 heavy (non-hydrogen) atoms. The fourth-order valence-corrected chi connectivity index (χ4v) is 5.08. The van der Waals surface area contributed by atoms with Crippen molar-refractivity contribution in [3.05, 3.63) is 43.1 Å². The van der Waals surface area contributed by atoms with Crippen molar-refractivity contribution in [1.29, 1.82) is 0 Å². The van der Waals surface area contributed by atoms with Crippen LogP contribution in [0.5, 0.6) is 0 Å². The third kappa shape index (κ3) is 4.68. The van der Waals surface area contributed by atoms with Crippen LogP contribution in [0.15, 0.2) is 12.1 Å². The third-order valence-electron chi connectivity index (χ3n) is 4.51. The summed E-state index contributed by atoms with van der Waals surface area (Å²) < 4.78 is 10.3. The molecule has 2 aromatic heterocycles. The number of carbonyl (C=O) groups excluding carboxylic acids is 3. The lowest BCUT2D eigenvalue weighted by atomic mass is 9.95. The first kappa shape index (κ1) is 21.9. The molecule has 0 saturated heterocycles. The van der Waals surface area contributed by atoms with Crippen molar-refractivity contribution in [2.24, 2.45) is 0 Å². The number of thiophene rings is 2. The Hall–Kier alpha value is -2.79. The average Bonchev–Trinajstić information content (AvgIpc) is 3.33. The van der Waals surface area contributed by atoms with Crippen molar-refractivity contribution >= 4 is 50.5 Å². The van der Waals surface area contributed by atoms with E-state index in [-0.39, 0.29) is 16.5 Å². The van der Waals surface area contributed by atoms with Crippen LogP contribution in [0.2, 0.25) is 0 Å². The molecule has 2 heterocycles. The molecule has 1 N–H and O–H groups in total. The summed E-state index contributed by atoms with van der Waals surface area (Å²) >= 11 is 2.01. The van der Waals surface area contributed by atoms with Gasteiger partial charge in [0.2, 0.25) is 0 Å². The number of hydrogen-bond acceptors (Lipinski definition) is 9. The summed E-state index contributed by atoms with van der Waals surface area (Å²) in [5.74, 6) is -1.91. The van der Waals surface area contributed by atoms with E-state index in [9.17, 15) is 24.5 Å². The molecule has 2 aromatic rings. The molecule has 3 rings (SSSR count). The van der Waals surface area contributed by atoms with Crippen LogP contribution in [-0.2, 0) is 27.1 Å². The minimum atomic E-state index is -1.16. The zero-order chi connectivity index (χ0) is 21.8. The molecule has 1 aliphatic rings. The van der Waals surface area contributed by atoms with Gasteiger partial charge in [0.1, 0.15) is 9.88 Å². The van der Waals surface area contributed by atoms with Gasteiger partial charge in [0.05, 0.1) is 17.1 Å². The standard InChI is InChI=1S/C19H20N2O7S2/c1-3-27-19(24)15-11-6-4-5-7-12(11)30-17(15)20-16(22)10(2)28-18(23)13-8-9-14(29-13)21(25)26/h8-10H,3-7H2,1-2H3,(H,20,22). The molecule has 1 amide bonds. The van der Waals surface area contributed by atoms with Crippen molar-refractivity contribution in [1.82, 2.24) is 0 Å². The highest BCUT2D eigenvalue weighted by Gasteiger charge is 2.29. The van der Waals surface area contributed by atoms with Crippen LogP contribution in [0.25, 0.3) is 0 Å². The summed E-state index contributed by atoms with van der Waals surface area (Å²) in [5.41, 5.74) is 1.29. The number of ether oxygens (including phenoxy) is 2. The summed E-state index contributed by atoms with van der Waals surface area (Å²) in [6, 6.07) is 2.48. The Bertz CT molecular complexity index is 995. The minimum absolute atomic E-state index is 0.0279. The summed E-state index contributed by atoms with van der Waals surface area (Å²) in [5, 5.41) is 13.6. The molecule has 0 saturated carbocycles. The highest BCUT2D eigenvalue weighted by atomic mass is 32.1. The first-order valence-corrected chi connectivity index (χ1v) is 11.0. The molecule has 9 nitrogen and oxygen atoms in total. The van der Waals surface area contributed by atoms with Crippen molar-refractivity contribution in [3.63, 3.8) is 0 Å². The van der Waals surface area contributed by atoms with Gasteiger partial charge in [-0.15, -0.1) is 11.3 Å². The molecule has 0 bridgehead atoms. The zero-order valence-electron chi connectivity index (χ0n) is 16.4. The van der Waals surface area contributed by atoms with Gasteiger partial charge in [0.15, 0.2) is 6.10 Å². The number of fused-ring (bicyclic) bond motifs is 1. The Morgan fingerprint density at radius 1 is 1.20 bits per heavy atom. The van der Waals surface area contributed by atoms with Crippen LogP contribution < -0.4 is 5.32 Å². The fourth-order valence-electron chi connectivity index (χ4n) is 3.09. The van der Waals surface area contributed by atoms with Gasteiger partial charge in [-0.1, -0.05) is 11.3 Å². The number of carbonyl (C=O) groups is 3. The van der Waals surface area contributed by atoms with Gasteiger partial charge in [-0.2, -0.15) is 0 Å². The van der Waals surface area contributed by atoms with Gasteiger partial charge >= 0.3 is 16.9 Å². The van der Waals surface area contributed by atoms with E-state index in [1.165, 1.54) is 30.4 Å². The first-order chi connectivity index (χ1) is 14.3. The Morgan fingerprint density at radius 3 is 2.60 bits per heavy atom. The van der Waals surface area contributed by atoms with E-state index in [4.69, 9.17) is 9.47 Å². The Labute approximate surface area is 180 Å². The summed E-state index contributed by atoms with van der Waals surface area (Å²) in [6.07, 6.45) is 2.41. The molecule has 0 aliphatic heterocycles. The van der Waals surface area contributed by atoms with Crippen LogP contribution in [0.3, 0.4) is 0 Å². The van der Waals surface area contributed by atoms with E-state index in [1.54, 1.807) is 6.92 Å². The van der Waals surface area contributed by atoms with E-state index in [2.05, 4.69) is 5.32 Å². The molecule has 160 valence electrons. The van der Waals surface area contributed by atoms with Crippen LogP contribution in [-0.4, -0.2) is 35.5 Å². The van der Waals surface area contributed by atoms with Crippen LogP contribution in [0, 0.1) is 10.1 Å². The summed E-state index contributed by atoms with van der Waals surface area (Å²) in [4.78, 5) is 48.5. The molecule has 0 spiro atoms. The maximum atomic E-state index is 12.6. The number of esters is 2. The second-order valence-electron chi connectivity index (χ2n) is 6.57. The van der Waals surface area contributed by atoms with Crippen LogP contribution >= 0.6 is 22.7 Å². The van der Waals surface area contributed by atoms with Gasteiger partial charge in [-0.05, 0) is 51.2 Å². The number of hydrogen-bond donors (Lipinski definition) is 1. The summed E-state index contributed by atoms with van der Waals surface area (Å²) in [7, 11) is 0. The van der Waals surface area contributed by atoms with Gasteiger partial charge in [0.25, 0.3) is 5.91 Å². The van der Waals surface area contributed by atoms with Crippen molar-refractivity contribution in [3.8, 4) is 0 Å². The van der Waals surface area contributed by atoms with E-state index >= 15 is 0 Å². The predicted molar refractivity (Wildman–Crippen MR) is 111 cm³/mol. The van der Waals surface area contributed by atoms with Gasteiger partial charge in [-0.25, -0.2) is 9.59 Å². The lowest BCUT2D eigenvalue weighted by Crippen LogP contribution is -2.30. The maximum absolute atomic E-state index is 12.6. The number of anilines is 1. The SMILES string of the molecule is CCOC(=O)c1c(NC(=O)C(C)OC(=O)c2ccc([N+](=O)[O-])s2)sc2c1CCCC2. The fraction of sp³-hybridized carbons (Fsp3) is 0.421. The smallest absolute Gasteiger partial charge is 0.349 e. The number of nitrogens with zero attached hydrogens (tertiary/aromatic N) is 1. The van der Waals surface area contributed by atoms with Crippen molar-refractivity contribution < 1.29 is 28.8 Å². The third-order valence-corrected chi connectivity index (χ3v) is 6.74. The van der Waals surface area contributed by atoms with Crippen LogP contribution in [0.4, 0.5) is 10.0 Å². The normalized spacial score (nSPS) is 13.8. The van der Waals surface area contributed by atoms with Gasteiger partial charge in [-0.3, -0.25) is 14.9 Å². The molecule has 11 heteroatoms. The maximum Gasteiger partial charge on any atom is 0.349 e. The zero-order valence-corrected chi connectivity index (χ0v) is 18.0. The number of rotatable bonds is 7. The monoisotopic (exact) mass is 452 g/mol. The molecule has 0 radical (unpaired) electrons. The molecular formula is C19H20N2O7S2. The van der Waals surface area contributed by atoms with Gasteiger partial charge < -0.3 is 14.8 Å². The van der Waals surface area contributed by atoms with E-state index < -0.39 is 28.9 Å². The number of amides is 1. The lowest BCUT2D eigenvalue weighted by molar-refractivity contribution is -0.380. The minimum Gasteiger partial charge on any atom is -0.462 e. The molecule has 0 aromatic carbocycles. The quantitative estimate of drug-likeness (QED) is 0.383. The van der Waals surface area contributed by atoms with Crippen molar-refractivity contribution in [2.45, 2.75) is 45.6 Å². The van der Waals surface area contributed by atoms with Gasteiger partial charge in [0, 0.05) is 10.9 Å². The Morgan fingerprint density at radius 2 is 1.93 bits per heavy atom. The molecule has 1 aliphatic carbocycles. The lowest BCUT2D eigenvalue weighted by Gasteiger charge is -2.14. The van der Waals surface area contributed by atoms with E-state index in [0.717, 1.165) is 36.1 Å². The second-order valence-corrected chi connectivity index (χ2v) is 8.73. The molecular weight excluding hydrogens is 432 g/mol. The Balaban J connectivity index is 1.73. The topological polar surface area (TPSA) is 125 Å². The number of aryl methyl sites for hydroxylation is 1. The summed E-state index contributed by atoms with van der Waals surface area (Å²) in [6.45, 7) is 3.33. The number of nitro groups is 1. The van der Waals surface area contributed by atoms with Crippen molar-refractivity contribution in [2.75, 3.05) is 11.9 Å². The largest absolute Gasteiger partial charge is 0.462 e. The van der Waals surface area contributed by atoms with E-state index in [0.29, 0.717) is 21.9 Å². The van der Waals surface area contributed by atoms with Crippen LogP contribution in [0.1, 0.15) is 57.2 Å². The molecule has 1 unspecified atom stereocenters. The number of nitrogens with one attached hydrogen (secondary N) is 1. The first-order valence-electron chi connectivity index (χ1n) is 9.39. The predicted octanol–water partition coefficient (Wildman–Crippen LogP) is 3.96.